The van der Waals surface area contributed by atoms with Crippen LogP contribution in [-0.4, -0.2) is 37.2 Å². The lowest BCUT2D eigenvalue weighted by atomic mass is 10.0. The molecule has 0 aromatic heterocycles. The number of carbonyl (C=O) groups excluding carboxylic acids is 3. The van der Waals surface area contributed by atoms with Crippen molar-refractivity contribution in [1.29, 1.82) is 0 Å². The van der Waals surface area contributed by atoms with Gasteiger partial charge in [0.25, 0.3) is 0 Å². The number of hydrogen-bond acceptors (Lipinski definition) is 6. The van der Waals surface area contributed by atoms with Crippen molar-refractivity contribution in [2.24, 2.45) is 0 Å². The first-order valence-corrected chi connectivity index (χ1v) is 24.5. The molecule has 0 saturated heterocycles. The number of rotatable bonds is 42. The number of unbranched alkanes of at least 4 members (excludes halogenated alkanes) is 20. The summed E-state index contributed by atoms with van der Waals surface area (Å²) in [4.78, 5) is 37.9. The monoisotopic (exact) mass is 845 g/mol. The minimum absolute atomic E-state index is 0.103. The maximum atomic E-state index is 12.7. The highest BCUT2D eigenvalue weighted by Crippen LogP contribution is 2.14. The smallest absolute Gasteiger partial charge is 0.306 e. The van der Waals surface area contributed by atoms with Crippen molar-refractivity contribution >= 4 is 17.9 Å². The lowest BCUT2D eigenvalue weighted by molar-refractivity contribution is -0.167. The molecule has 0 saturated carbocycles. The van der Waals surface area contributed by atoms with Crippen LogP contribution >= 0.6 is 0 Å². The van der Waals surface area contributed by atoms with Crippen molar-refractivity contribution in [3.8, 4) is 0 Å². The van der Waals surface area contributed by atoms with Gasteiger partial charge < -0.3 is 14.2 Å². The van der Waals surface area contributed by atoms with Gasteiger partial charge in [0, 0.05) is 19.3 Å². The second-order valence-corrected chi connectivity index (χ2v) is 15.9. The van der Waals surface area contributed by atoms with Crippen molar-refractivity contribution in [3.05, 3.63) is 109 Å². The Morgan fingerprint density at radius 3 is 1.08 bits per heavy atom. The molecule has 344 valence electrons. The maximum absolute atomic E-state index is 12.7. The third-order valence-corrected chi connectivity index (χ3v) is 9.97. The zero-order valence-electron chi connectivity index (χ0n) is 39.1. The van der Waals surface area contributed by atoms with Gasteiger partial charge in [-0.2, -0.15) is 0 Å². The Morgan fingerprint density at radius 2 is 0.672 bits per heavy atom. The molecule has 0 heterocycles. The van der Waals surface area contributed by atoms with Gasteiger partial charge in [0.05, 0.1) is 0 Å². The minimum Gasteiger partial charge on any atom is -0.462 e. The Bertz CT molecular complexity index is 1290. The highest BCUT2D eigenvalue weighted by molar-refractivity contribution is 5.71. The molecule has 0 bridgehead atoms. The van der Waals surface area contributed by atoms with E-state index in [0.717, 1.165) is 89.9 Å². The van der Waals surface area contributed by atoms with Crippen LogP contribution in [0.15, 0.2) is 109 Å². The van der Waals surface area contributed by atoms with E-state index in [-0.39, 0.29) is 37.5 Å². The summed E-state index contributed by atoms with van der Waals surface area (Å²) in [6, 6.07) is 0. The van der Waals surface area contributed by atoms with Crippen LogP contribution in [0.2, 0.25) is 0 Å². The summed E-state index contributed by atoms with van der Waals surface area (Å²) in [5.74, 6) is -0.976. The summed E-state index contributed by atoms with van der Waals surface area (Å²) in [6.07, 6.45) is 64.9. The number of allylic oxidation sites excluding steroid dienone is 18. The molecule has 0 aromatic rings. The predicted molar refractivity (Wildman–Crippen MR) is 260 cm³/mol. The normalized spacial score (nSPS) is 13.0. The topological polar surface area (TPSA) is 78.9 Å². The molecule has 1 unspecified atom stereocenters. The van der Waals surface area contributed by atoms with E-state index in [1.165, 1.54) is 64.2 Å². The van der Waals surface area contributed by atoms with Crippen LogP contribution in [0.1, 0.15) is 201 Å². The first kappa shape index (κ1) is 57.1. The van der Waals surface area contributed by atoms with Gasteiger partial charge in [0.2, 0.25) is 0 Å². The summed E-state index contributed by atoms with van der Waals surface area (Å²) >= 11 is 0. The molecule has 0 radical (unpaired) electrons. The molecular weight excluding hydrogens is 757 g/mol. The highest BCUT2D eigenvalue weighted by Gasteiger charge is 2.19. The molecular formula is C55H88O6. The summed E-state index contributed by atoms with van der Waals surface area (Å²) in [6.45, 7) is 6.33. The van der Waals surface area contributed by atoms with Crippen LogP contribution in [0.25, 0.3) is 0 Å². The van der Waals surface area contributed by atoms with Crippen molar-refractivity contribution < 1.29 is 28.6 Å². The van der Waals surface area contributed by atoms with Gasteiger partial charge in [-0.15, -0.1) is 0 Å². The van der Waals surface area contributed by atoms with Crippen molar-refractivity contribution in [1.82, 2.24) is 0 Å². The first-order chi connectivity index (χ1) is 30.0. The van der Waals surface area contributed by atoms with E-state index in [4.69, 9.17) is 14.2 Å². The SMILES string of the molecule is CC\C=C/C=C\C=C/C=C\CCCCCC(=O)OC(COC(=O)CCCCCCC\C=C/C=C\C=C/C=C\C=C/CCC)COC(=O)CCCCCCCCCCCCCC. The fourth-order valence-electron chi connectivity index (χ4n) is 6.30. The number of carbonyl (C=O) groups is 3. The third kappa shape index (κ3) is 47.0. The number of esters is 3. The minimum atomic E-state index is -0.808. The van der Waals surface area contributed by atoms with Crippen LogP contribution < -0.4 is 0 Å². The van der Waals surface area contributed by atoms with Crippen LogP contribution in [0, 0.1) is 0 Å². The predicted octanol–water partition coefficient (Wildman–Crippen LogP) is 16.0. The van der Waals surface area contributed by atoms with Gasteiger partial charge in [-0.3, -0.25) is 14.4 Å². The fourth-order valence-corrected chi connectivity index (χ4v) is 6.30. The van der Waals surface area contributed by atoms with Crippen molar-refractivity contribution in [2.45, 2.75) is 207 Å². The van der Waals surface area contributed by atoms with Gasteiger partial charge in [-0.25, -0.2) is 0 Å². The van der Waals surface area contributed by atoms with Crippen LogP contribution in [0.3, 0.4) is 0 Å². The first-order valence-electron chi connectivity index (χ1n) is 24.5. The molecule has 0 spiro atoms. The Balaban J connectivity index is 4.50. The van der Waals surface area contributed by atoms with E-state index >= 15 is 0 Å². The molecule has 61 heavy (non-hydrogen) atoms. The zero-order valence-corrected chi connectivity index (χ0v) is 39.1. The van der Waals surface area contributed by atoms with Gasteiger partial charge in [0.15, 0.2) is 6.10 Å². The molecule has 0 aliphatic rings. The average Bonchev–Trinajstić information content (AvgIpc) is 3.26. The van der Waals surface area contributed by atoms with Crippen LogP contribution in [0.4, 0.5) is 0 Å². The molecule has 1 atom stereocenters. The second kappa shape index (κ2) is 48.7. The molecule has 0 amide bonds. The summed E-state index contributed by atoms with van der Waals surface area (Å²) in [5, 5.41) is 0. The van der Waals surface area contributed by atoms with E-state index in [1.807, 2.05) is 72.9 Å². The molecule has 0 rings (SSSR count). The fraction of sp³-hybridized carbons (Fsp3) is 0.618. The summed E-state index contributed by atoms with van der Waals surface area (Å²) < 4.78 is 16.7. The Hall–Kier alpha value is -3.93. The van der Waals surface area contributed by atoms with E-state index in [2.05, 4.69) is 57.2 Å². The Morgan fingerprint density at radius 1 is 0.344 bits per heavy atom. The van der Waals surface area contributed by atoms with Crippen molar-refractivity contribution in [3.63, 3.8) is 0 Å². The lowest BCUT2D eigenvalue weighted by Crippen LogP contribution is -2.30. The largest absolute Gasteiger partial charge is 0.462 e. The van der Waals surface area contributed by atoms with E-state index < -0.39 is 6.10 Å². The highest BCUT2D eigenvalue weighted by atomic mass is 16.6. The lowest BCUT2D eigenvalue weighted by Gasteiger charge is -2.18. The standard InChI is InChI=1S/C55H88O6/c1-4-7-10-13-16-19-22-25-26-27-28-29-31-33-36-39-42-45-48-54(57)60-51-52(50-59-53(56)47-44-41-38-35-32-24-21-18-15-12-9-6-3)61-55(58)49-46-43-40-37-34-30-23-20-17-14-11-8-5-2/h8,10-11,13-14,16-17,19-20,22-23,25-30,34,52H,4-7,9,12,15,18,21,24,31-33,35-51H2,1-3H3/b11-8-,13-10-,17-14-,19-16-,23-20-,25-22-,27-26-,29-28-,34-30-. The van der Waals surface area contributed by atoms with E-state index in [0.29, 0.717) is 19.3 Å². The molecule has 0 fully saturated rings. The van der Waals surface area contributed by atoms with Gasteiger partial charge in [-0.05, 0) is 57.8 Å². The molecule has 0 aliphatic carbocycles. The van der Waals surface area contributed by atoms with Crippen LogP contribution in [-0.2, 0) is 28.6 Å². The third-order valence-electron chi connectivity index (χ3n) is 9.97. The van der Waals surface area contributed by atoms with Gasteiger partial charge in [0.1, 0.15) is 13.2 Å². The molecule has 6 heteroatoms. The van der Waals surface area contributed by atoms with Gasteiger partial charge in [-0.1, -0.05) is 233 Å². The molecule has 0 N–H and O–H groups in total. The van der Waals surface area contributed by atoms with Gasteiger partial charge >= 0.3 is 17.9 Å². The quantitative estimate of drug-likeness (QED) is 0.0264. The molecule has 6 nitrogen and oxygen atoms in total. The Labute approximate surface area is 374 Å². The van der Waals surface area contributed by atoms with Crippen molar-refractivity contribution in [2.75, 3.05) is 13.2 Å². The maximum Gasteiger partial charge on any atom is 0.306 e. The van der Waals surface area contributed by atoms with E-state index in [1.54, 1.807) is 0 Å². The van der Waals surface area contributed by atoms with E-state index in [9.17, 15) is 14.4 Å². The zero-order chi connectivity index (χ0) is 44.4. The average molecular weight is 845 g/mol. The Kier molecular flexibility index (Phi) is 45.6. The summed E-state index contributed by atoms with van der Waals surface area (Å²) in [5.41, 5.74) is 0. The summed E-state index contributed by atoms with van der Waals surface area (Å²) in [7, 11) is 0. The molecule has 0 aliphatic heterocycles. The van der Waals surface area contributed by atoms with Crippen LogP contribution in [0.5, 0.6) is 0 Å². The number of ether oxygens (including phenoxy) is 3. The number of hydrogen-bond donors (Lipinski definition) is 0. The molecule has 0 aromatic carbocycles. The second-order valence-electron chi connectivity index (χ2n) is 15.9.